The van der Waals surface area contributed by atoms with Gasteiger partial charge in [-0.3, -0.25) is 14.4 Å². The molecule has 6 heteroatoms. The number of allylic oxidation sites excluding steroid dienone is 2. The van der Waals surface area contributed by atoms with Gasteiger partial charge in [0.25, 0.3) is 0 Å². The zero-order valence-electron chi connectivity index (χ0n) is 38.4. The fourth-order valence-electron chi connectivity index (χ4n) is 8.63. The van der Waals surface area contributed by atoms with Gasteiger partial charge in [-0.05, 0) is 64.2 Å². The number of nitrogens with one attached hydrogen (secondary N) is 3. The van der Waals surface area contributed by atoms with Gasteiger partial charge in [0.2, 0.25) is 17.7 Å². The monoisotopic (exact) mass is 800 g/mol. The van der Waals surface area contributed by atoms with Gasteiger partial charge >= 0.3 is 0 Å². The Hall–Kier alpha value is -1.85. The minimum Gasteiger partial charge on any atom is -0.356 e. The Morgan fingerprint density at radius 2 is 0.544 bits per heavy atom. The number of hydrogen-bond donors (Lipinski definition) is 3. The Morgan fingerprint density at radius 1 is 0.333 bits per heavy atom. The summed E-state index contributed by atoms with van der Waals surface area (Å²) in [5.74, 6) is -0.753. The Balaban J connectivity index is 2.39. The SMILES string of the molecule is CCCCCCCCC=CCCCCCCCCNC(=O)C1C[C@@H](C(=O)NCCCCCCCCCCCC)C[C@@H](C(=O)NCCCCCCCCCCCC)C1. The molecule has 0 bridgehead atoms. The summed E-state index contributed by atoms with van der Waals surface area (Å²) in [5, 5.41) is 9.56. The number of unbranched alkanes of at least 4 members (excludes halogenated alkanes) is 30. The molecule has 0 heterocycles. The lowest BCUT2D eigenvalue weighted by Crippen LogP contribution is -2.45. The van der Waals surface area contributed by atoms with E-state index in [2.05, 4.69) is 48.9 Å². The molecule has 0 spiro atoms. The Labute approximate surface area is 354 Å². The molecule has 334 valence electrons. The topological polar surface area (TPSA) is 87.3 Å². The van der Waals surface area contributed by atoms with Crippen molar-refractivity contribution < 1.29 is 14.4 Å². The van der Waals surface area contributed by atoms with Crippen molar-refractivity contribution in [2.24, 2.45) is 17.8 Å². The molecule has 0 aromatic rings. The van der Waals surface area contributed by atoms with Crippen LogP contribution < -0.4 is 16.0 Å². The van der Waals surface area contributed by atoms with E-state index >= 15 is 0 Å². The third-order valence-corrected chi connectivity index (χ3v) is 12.5. The van der Waals surface area contributed by atoms with Crippen LogP contribution >= 0.6 is 0 Å². The summed E-state index contributed by atoms with van der Waals surface area (Å²) in [6.45, 7) is 8.86. The third kappa shape index (κ3) is 32.7. The molecule has 57 heavy (non-hydrogen) atoms. The number of rotatable bonds is 41. The van der Waals surface area contributed by atoms with Crippen molar-refractivity contribution in [2.75, 3.05) is 19.6 Å². The van der Waals surface area contributed by atoms with Gasteiger partial charge < -0.3 is 16.0 Å². The van der Waals surface area contributed by atoms with Crippen LogP contribution in [0.1, 0.15) is 258 Å². The summed E-state index contributed by atoms with van der Waals surface area (Å²) in [6, 6.07) is 0. The number of carbonyl (C=O) groups excluding carboxylic acids is 3. The largest absolute Gasteiger partial charge is 0.356 e. The highest BCUT2D eigenvalue weighted by atomic mass is 16.2. The second-order valence-electron chi connectivity index (χ2n) is 18.0. The van der Waals surface area contributed by atoms with E-state index in [0.717, 1.165) is 38.5 Å². The molecular weight excluding hydrogens is 703 g/mol. The summed E-state index contributed by atoms with van der Waals surface area (Å²) in [4.78, 5) is 40.2. The van der Waals surface area contributed by atoms with E-state index in [9.17, 15) is 14.4 Å². The molecule has 1 saturated carbocycles. The molecule has 1 fully saturated rings. The first-order chi connectivity index (χ1) is 28.0. The molecule has 0 aliphatic heterocycles. The van der Waals surface area contributed by atoms with E-state index < -0.39 is 0 Å². The lowest BCUT2D eigenvalue weighted by molar-refractivity contribution is -0.134. The quantitative estimate of drug-likeness (QED) is 0.0425. The number of amides is 3. The van der Waals surface area contributed by atoms with Crippen LogP contribution in [0.4, 0.5) is 0 Å². The summed E-state index contributed by atoms with van der Waals surface area (Å²) >= 11 is 0. The van der Waals surface area contributed by atoms with Crippen molar-refractivity contribution in [3.05, 3.63) is 12.2 Å². The summed E-state index contributed by atoms with van der Waals surface area (Å²) < 4.78 is 0. The highest BCUT2D eigenvalue weighted by Gasteiger charge is 2.38. The maximum atomic E-state index is 13.4. The van der Waals surface area contributed by atoms with Gasteiger partial charge in [-0.25, -0.2) is 0 Å². The predicted molar refractivity (Wildman–Crippen MR) is 246 cm³/mol. The highest BCUT2D eigenvalue weighted by Crippen LogP contribution is 2.34. The van der Waals surface area contributed by atoms with E-state index in [4.69, 9.17) is 0 Å². The molecule has 1 aliphatic rings. The van der Waals surface area contributed by atoms with Crippen molar-refractivity contribution in [2.45, 2.75) is 258 Å². The van der Waals surface area contributed by atoms with Crippen LogP contribution in [0.25, 0.3) is 0 Å². The molecule has 6 nitrogen and oxygen atoms in total. The summed E-state index contributed by atoms with van der Waals surface area (Å²) in [7, 11) is 0. The molecule has 0 aromatic heterocycles. The van der Waals surface area contributed by atoms with Gasteiger partial charge in [0.1, 0.15) is 0 Å². The third-order valence-electron chi connectivity index (χ3n) is 12.5. The molecule has 1 rings (SSSR count). The minimum absolute atomic E-state index is 0.0300. The molecular formula is C51H97N3O3. The van der Waals surface area contributed by atoms with Crippen LogP contribution in [-0.4, -0.2) is 37.4 Å². The molecule has 3 N–H and O–H groups in total. The fourth-order valence-corrected chi connectivity index (χ4v) is 8.63. The molecule has 3 amide bonds. The predicted octanol–water partition coefficient (Wildman–Crippen LogP) is 14.2. The average molecular weight is 800 g/mol. The second kappa shape index (κ2) is 40.9. The maximum absolute atomic E-state index is 13.4. The molecule has 0 saturated heterocycles. The molecule has 1 aliphatic carbocycles. The first kappa shape index (κ1) is 53.2. The lowest BCUT2D eigenvalue weighted by atomic mass is 9.74. The first-order valence-corrected chi connectivity index (χ1v) is 25.5. The molecule has 0 aromatic carbocycles. The smallest absolute Gasteiger partial charge is 0.223 e. The Morgan fingerprint density at radius 3 is 0.789 bits per heavy atom. The van der Waals surface area contributed by atoms with E-state index in [-0.39, 0.29) is 35.5 Å². The van der Waals surface area contributed by atoms with Crippen molar-refractivity contribution in [3.63, 3.8) is 0 Å². The van der Waals surface area contributed by atoms with Crippen LogP contribution in [-0.2, 0) is 14.4 Å². The number of hydrogen-bond acceptors (Lipinski definition) is 3. The average Bonchev–Trinajstić information content (AvgIpc) is 3.22. The molecule has 3 atom stereocenters. The maximum Gasteiger partial charge on any atom is 0.223 e. The van der Waals surface area contributed by atoms with Gasteiger partial charge in [-0.1, -0.05) is 206 Å². The molecule has 1 unspecified atom stereocenters. The standard InChI is InChI=1S/C51H97N3O3/c1-4-7-10-13-16-19-22-23-24-25-26-27-30-33-36-39-42-54-51(57)48-44-46(49(55)52-40-37-34-31-28-20-17-14-11-8-5-2)43-47(45-48)50(56)53-41-38-35-32-29-21-18-15-12-9-6-3/h23-24,46-48H,4-22,25-45H2,1-3H3,(H,52,55)(H,53,56)(H,54,57)/t46-,47+,48?. The van der Waals surface area contributed by atoms with Crippen molar-refractivity contribution >= 4 is 17.7 Å². The molecule has 0 radical (unpaired) electrons. The highest BCUT2D eigenvalue weighted by molar-refractivity contribution is 5.85. The van der Waals surface area contributed by atoms with Gasteiger partial charge in [0.05, 0.1) is 0 Å². The van der Waals surface area contributed by atoms with Crippen molar-refractivity contribution in [3.8, 4) is 0 Å². The second-order valence-corrected chi connectivity index (χ2v) is 18.0. The van der Waals surface area contributed by atoms with E-state index in [1.807, 2.05) is 0 Å². The van der Waals surface area contributed by atoms with E-state index in [1.54, 1.807) is 0 Å². The lowest BCUT2D eigenvalue weighted by Gasteiger charge is -2.33. The van der Waals surface area contributed by atoms with Crippen LogP contribution in [0.5, 0.6) is 0 Å². The Kier molecular flexibility index (Phi) is 38.2. The zero-order chi connectivity index (χ0) is 41.3. The minimum atomic E-state index is -0.283. The van der Waals surface area contributed by atoms with Crippen LogP contribution in [0, 0.1) is 17.8 Å². The number of carbonyl (C=O) groups is 3. The van der Waals surface area contributed by atoms with Gasteiger partial charge in [-0.2, -0.15) is 0 Å². The van der Waals surface area contributed by atoms with Gasteiger partial charge in [0.15, 0.2) is 0 Å². The van der Waals surface area contributed by atoms with Crippen LogP contribution in [0.3, 0.4) is 0 Å². The Bertz CT molecular complexity index is 906. The fraction of sp³-hybridized carbons (Fsp3) is 0.902. The van der Waals surface area contributed by atoms with Crippen molar-refractivity contribution in [1.29, 1.82) is 0 Å². The van der Waals surface area contributed by atoms with Crippen molar-refractivity contribution in [1.82, 2.24) is 16.0 Å². The van der Waals surface area contributed by atoms with E-state index in [1.165, 1.54) is 180 Å². The van der Waals surface area contributed by atoms with Crippen LogP contribution in [0.2, 0.25) is 0 Å². The van der Waals surface area contributed by atoms with Gasteiger partial charge in [0, 0.05) is 37.4 Å². The summed E-state index contributed by atoms with van der Waals surface area (Å²) in [6.07, 6.45) is 49.6. The van der Waals surface area contributed by atoms with E-state index in [0.29, 0.717) is 38.9 Å². The van der Waals surface area contributed by atoms with Gasteiger partial charge in [-0.15, -0.1) is 0 Å². The summed E-state index contributed by atoms with van der Waals surface area (Å²) in [5.41, 5.74) is 0. The van der Waals surface area contributed by atoms with Crippen LogP contribution in [0.15, 0.2) is 12.2 Å². The first-order valence-electron chi connectivity index (χ1n) is 25.5. The zero-order valence-corrected chi connectivity index (χ0v) is 38.4. The normalized spacial score (nSPS) is 16.9.